The van der Waals surface area contributed by atoms with E-state index in [1.165, 1.54) is 0 Å². The lowest BCUT2D eigenvalue weighted by Crippen LogP contribution is -2.27. The molecule has 4 nitrogen and oxygen atoms in total. The molecule has 0 bridgehead atoms. The van der Waals surface area contributed by atoms with E-state index in [0.717, 1.165) is 11.3 Å². The third-order valence-corrected chi connectivity index (χ3v) is 3.47. The predicted molar refractivity (Wildman–Crippen MR) is 77.5 cm³/mol. The number of nitrogens with one attached hydrogen (secondary N) is 2. The summed E-state index contributed by atoms with van der Waals surface area (Å²) in [7, 11) is -0.888. The van der Waals surface area contributed by atoms with Crippen molar-refractivity contribution in [2.45, 2.75) is 0 Å². The molecule has 1 heterocycles. The molecule has 0 aliphatic carbocycles. The molecule has 1 aromatic heterocycles. The van der Waals surface area contributed by atoms with Gasteiger partial charge in [0.15, 0.2) is 0 Å². The van der Waals surface area contributed by atoms with Gasteiger partial charge in [0.1, 0.15) is 5.69 Å². The van der Waals surface area contributed by atoms with E-state index >= 15 is 0 Å². The minimum absolute atomic E-state index is 0.173. The molecule has 1 aromatic carbocycles. The maximum Gasteiger partial charge on any atom is 0.267 e. The summed E-state index contributed by atoms with van der Waals surface area (Å²) in [4.78, 5) is 14.9. The average molecular weight is 276 g/mol. The highest BCUT2D eigenvalue weighted by atomic mass is 32.2. The lowest BCUT2D eigenvalue weighted by Gasteiger charge is -2.02. The van der Waals surface area contributed by atoms with E-state index in [1.807, 2.05) is 36.4 Å². The van der Waals surface area contributed by atoms with Crippen molar-refractivity contribution >= 4 is 16.7 Å². The highest BCUT2D eigenvalue weighted by molar-refractivity contribution is 7.84. The van der Waals surface area contributed by atoms with Crippen LogP contribution in [0.4, 0.5) is 0 Å². The van der Waals surface area contributed by atoms with Gasteiger partial charge in [-0.3, -0.25) is 9.00 Å². The lowest BCUT2D eigenvalue weighted by atomic mass is 10.2. The Kier molecular flexibility index (Phi) is 4.52. The van der Waals surface area contributed by atoms with Gasteiger partial charge in [0, 0.05) is 35.0 Å². The zero-order chi connectivity index (χ0) is 13.7. The molecule has 0 spiro atoms. The number of amides is 1. The highest BCUT2D eigenvalue weighted by Gasteiger charge is 2.08. The minimum Gasteiger partial charge on any atom is -0.351 e. The molecular formula is C14H16N2O2S. The van der Waals surface area contributed by atoms with E-state index in [1.54, 1.807) is 12.3 Å². The Bertz CT molecular complexity index is 578. The summed E-state index contributed by atoms with van der Waals surface area (Å²) >= 11 is 0. The van der Waals surface area contributed by atoms with Crippen LogP contribution in [0, 0.1) is 0 Å². The monoisotopic (exact) mass is 276 g/mol. The van der Waals surface area contributed by atoms with Crippen LogP contribution >= 0.6 is 0 Å². The first-order valence-corrected chi connectivity index (χ1v) is 7.72. The maximum atomic E-state index is 11.8. The first-order valence-electron chi connectivity index (χ1n) is 5.99. The van der Waals surface area contributed by atoms with Gasteiger partial charge in [-0.25, -0.2) is 0 Å². The molecule has 0 radical (unpaired) electrons. The topological polar surface area (TPSA) is 62.0 Å². The van der Waals surface area contributed by atoms with E-state index < -0.39 is 10.8 Å². The van der Waals surface area contributed by atoms with Crippen LogP contribution in [0.3, 0.4) is 0 Å². The fourth-order valence-corrected chi connectivity index (χ4v) is 2.11. The molecule has 0 aliphatic rings. The zero-order valence-electron chi connectivity index (χ0n) is 10.7. The minimum atomic E-state index is -0.888. The van der Waals surface area contributed by atoms with Crippen LogP contribution in [0.15, 0.2) is 42.5 Å². The third kappa shape index (κ3) is 3.79. The number of aromatic nitrogens is 1. The van der Waals surface area contributed by atoms with Crippen LogP contribution in [0.2, 0.25) is 0 Å². The summed E-state index contributed by atoms with van der Waals surface area (Å²) < 4.78 is 10.9. The molecule has 0 saturated carbocycles. The van der Waals surface area contributed by atoms with E-state index in [2.05, 4.69) is 10.3 Å². The largest absolute Gasteiger partial charge is 0.351 e. The molecule has 100 valence electrons. The van der Waals surface area contributed by atoms with Crippen molar-refractivity contribution in [2.75, 3.05) is 18.6 Å². The highest BCUT2D eigenvalue weighted by Crippen LogP contribution is 2.17. The number of hydrogen-bond donors (Lipinski definition) is 2. The summed E-state index contributed by atoms with van der Waals surface area (Å²) in [5.41, 5.74) is 2.46. The van der Waals surface area contributed by atoms with Gasteiger partial charge < -0.3 is 10.3 Å². The second-order valence-corrected chi connectivity index (χ2v) is 5.74. The van der Waals surface area contributed by atoms with E-state index in [4.69, 9.17) is 0 Å². The molecule has 19 heavy (non-hydrogen) atoms. The summed E-state index contributed by atoms with van der Waals surface area (Å²) in [5.74, 6) is 0.297. The fourth-order valence-electron chi connectivity index (χ4n) is 1.72. The quantitative estimate of drug-likeness (QED) is 0.874. The van der Waals surface area contributed by atoms with Crippen LogP contribution in [-0.4, -0.2) is 33.7 Å². The molecule has 0 aliphatic heterocycles. The number of aromatic amines is 1. The number of rotatable bonds is 5. The summed E-state index contributed by atoms with van der Waals surface area (Å²) in [6, 6.07) is 13.4. The fraction of sp³-hybridized carbons (Fsp3) is 0.214. The van der Waals surface area contributed by atoms with Crippen molar-refractivity contribution in [3.8, 4) is 11.3 Å². The third-order valence-electron chi connectivity index (χ3n) is 2.69. The number of H-pyrrole nitrogens is 1. The number of carbonyl (C=O) groups excluding carboxylic acids is 1. The lowest BCUT2D eigenvalue weighted by molar-refractivity contribution is 0.0952. The Balaban J connectivity index is 2.01. The SMILES string of the molecule is C[S@@](=O)CCNC(=O)c1ccc(-c2ccccc2)[nH]1. The molecule has 0 saturated heterocycles. The van der Waals surface area contributed by atoms with E-state index in [-0.39, 0.29) is 5.91 Å². The molecule has 0 fully saturated rings. The molecule has 1 atom stereocenters. The number of carbonyl (C=O) groups is 1. The Morgan fingerprint density at radius 2 is 1.95 bits per heavy atom. The van der Waals surface area contributed by atoms with Gasteiger partial charge >= 0.3 is 0 Å². The second-order valence-electron chi connectivity index (χ2n) is 4.18. The zero-order valence-corrected chi connectivity index (χ0v) is 11.5. The normalized spacial score (nSPS) is 12.1. The van der Waals surface area contributed by atoms with Crippen LogP contribution in [0.1, 0.15) is 10.5 Å². The average Bonchev–Trinajstić information content (AvgIpc) is 2.89. The molecule has 2 rings (SSSR count). The van der Waals surface area contributed by atoms with Gasteiger partial charge in [0.05, 0.1) is 0 Å². The molecule has 2 aromatic rings. The molecule has 0 unspecified atom stereocenters. The van der Waals surface area contributed by atoms with Crippen molar-refractivity contribution in [3.63, 3.8) is 0 Å². The van der Waals surface area contributed by atoms with Gasteiger partial charge in [0.2, 0.25) is 0 Å². The summed E-state index contributed by atoms with van der Waals surface area (Å²) in [6.45, 7) is 0.418. The van der Waals surface area contributed by atoms with Crippen molar-refractivity contribution in [2.24, 2.45) is 0 Å². The van der Waals surface area contributed by atoms with Crippen LogP contribution in [0.25, 0.3) is 11.3 Å². The first kappa shape index (κ1) is 13.5. The Morgan fingerprint density at radius 1 is 1.21 bits per heavy atom. The van der Waals surface area contributed by atoms with Gasteiger partial charge in [-0.15, -0.1) is 0 Å². The maximum absolute atomic E-state index is 11.8. The van der Waals surface area contributed by atoms with Crippen molar-refractivity contribution < 1.29 is 9.00 Å². The summed E-state index contributed by atoms with van der Waals surface area (Å²) in [6.07, 6.45) is 1.62. The van der Waals surface area contributed by atoms with Crippen molar-refractivity contribution in [3.05, 3.63) is 48.2 Å². The van der Waals surface area contributed by atoms with E-state index in [0.29, 0.717) is 18.0 Å². The Morgan fingerprint density at radius 3 is 2.63 bits per heavy atom. The van der Waals surface area contributed by atoms with Crippen molar-refractivity contribution in [1.82, 2.24) is 10.3 Å². The van der Waals surface area contributed by atoms with Gasteiger partial charge in [-0.2, -0.15) is 0 Å². The molecule has 2 N–H and O–H groups in total. The predicted octanol–water partition coefficient (Wildman–Crippen LogP) is 1.79. The van der Waals surface area contributed by atoms with Gasteiger partial charge in [-0.05, 0) is 17.7 Å². The smallest absolute Gasteiger partial charge is 0.267 e. The van der Waals surface area contributed by atoms with Crippen LogP contribution in [0.5, 0.6) is 0 Å². The standard InChI is InChI=1S/C14H16N2O2S/c1-19(18)10-9-15-14(17)13-8-7-12(16-13)11-5-3-2-4-6-11/h2-8,16H,9-10H2,1H3,(H,15,17)/t19-/m1/s1. The first-order chi connectivity index (χ1) is 9.16. The second kappa shape index (κ2) is 6.33. The molecular weight excluding hydrogens is 260 g/mol. The van der Waals surface area contributed by atoms with Crippen LogP contribution in [-0.2, 0) is 10.8 Å². The number of benzene rings is 1. The van der Waals surface area contributed by atoms with E-state index in [9.17, 15) is 9.00 Å². The van der Waals surface area contributed by atoms with Crippen molar-refractivity contribution in [1.29, 1.82) is 0 Å². The molecule has 5 heteroatoms. The van der Waals surface area contributed by atoms with Crippen LogP contribution < -0.4 is 5.32 Å². The number of hydrogen-bond acceptors (Lipinski definition) is 2. The Hall–Kier alpha value is -1.88. The molecule has 1 amide bonds. The van der Waals surface area contributed by atoms with Gasteiger partial charge in [-0.1, -0.05) is 30.3 Å². The summed E-state index contributed by atoms with van der Waals surface area (Å²) in [5, 5.41) is 2.73. The van der Waals surface area contributed by atoms with Gasteiger partial charge in [0.25, 0.3) is 5.91 Å². The Labute approximate surface area is 114 Å².